The highest BCUT2D eigenvalue weighted by molar-refractivity contribution is 5.95. The van der Waals surface area contributed by atoms with Gasteiger partial charge < -0.3 is 14.6 Å². The van der Waals surface area contributed by atoms with Crippen LogP contribution < -0.4 is 0 Å². The van der Waals surface area contributed by atoms with Crippen LogP contribution in [-0.2, 0) is 17.8 Å². The van der Waals surface area contributed by atoms with Crippen LogP contribution in [0.5, 0.6) is 0 Å². The Hall–Kier alpha value is -3.43. The fourth-order valence-electron chi connectivity index (χ4n) is 5.64. The van der Waals surface area contributed by atoms with Gasteiger partial charge in [0.25, 0.3) is 5.91 Å². The first-order chi connectivity index (χ1) is 17.2. The smallest absolute Gasteiger partial charge is 0.253 e. The molecule has 0 spiro atoms. The molecule has 178 valence electrons. The fourth-order valence-corrected chi connectivity index (χ4v) is 5.64. The molecule has 1 amide bonds. The average molecular weight is 467 g/mol. The summed E-state index contributed by atoms with van der Waals surface area (Å²) in [5.41, 5.74) is 7.22. The lowest BCUT2D eigenvalue weighted by Gasteiger charge is -2.33. The fraction of sp³-hybridized carbons (Fsp3) is 0.414. The van der Waals surface area contributed by atoms with Gasteiger partial charge in [0.15, 0.2) is 0 Å². The lowest BCUT2D eigenvalue weighted by atomic mass is 9.77. The molecule has 35 heavy (non-hydrogen) atoms. The molecule has 2 fully saturated rings. The number of fused-ring (bicyclic) bond motifs is 1. The van der Waals surface area contributed by atoms with Crippen LogP contribution in [-0.4, -0.2) is 40.5 Å². The van der Waals surface area contributed by atoms with Gasteiger partial charge in [-0.25, -0.2) is 4.98 Å². The van der Waals surface area contributed by atoms with E-state index >= 15 is 0 Å². The van der Waals surface area contributed by atoms with Gasteiger partial charge >= 0.3 is 0 Å². The molecule has 0 radical (unpaired) electrons. The Labute approximate surface area is 205 Å². The summed E-state index contributed by atoms with van der Waals surface area (Å²) in [7, 11) is 0. The minimum Gasteiger partial charge on any atom is -0.375 e. The number of carbonyl (C=O) groups is 1. The molecule has 3 aromatic rings. The maximum atomic E-state index is 13.5. The number of hydrogen-bond donors (Lipinski definition) is 1. The molecule has 2 aromatic carbocycles. The van der Waals surface area contributed by atoms with Crippen molar-refractivity contribution in [3.63, 3.8) is 0 Å². The number of hydrogen-bond acceptors (Lipinski definition) is 4. The van der Waals surface area contributed by atoms with E-state index in [1.165, 1.54) is 30.4 Å². The number of H-pyrrole nitrogens is 1. The summed E-state index contributed by atoms with van der Waals surface area (Å²) in [6, 6.07) is 16.3. The van der Waals surface area contributed by atoms with E-state index in [4.69, 9.17) is 15.0 Å². The molecule has 6 nitrogen and oxygen atoms in total. The third-order valence-electron chi connectivity index (χ3n) is 7.99. The number of amides is 1. The minimum absolute atomic E-state index is 0.101. The van der Waals surface area contributed by atoms with Gasteiger partial charge in [-0.15, -0.1) is 0 Å². The number of carbonyl (C=O) groups excluding carboxylic acids is 1. The van der Waals surface area contributed by atoms with E-state index in [2.05, 4.69) is 35.3 Å². The average Bonchev–Trinajstić information content (AvgIpc) is 3.32. The lowest BCUT2D eigenvalue weighted by molar-refractivity contribution is 0.0713. The largest absolute Gasteiger partial charge is 0.375 e. The third-order valence-corrected chi connectivity index (χ3v) is 7.99. The van der Waals surface area contributed by atoms with Gasteiger partial charge in [0.1, 0.15) is 5.82 Å². The van der Waals surface area contributed by atoms with Crippen LogP contribution in [0, 0.1) is 11.3 Å². The maximum Gasteiger partial charge on any atom is 0.253 e. The topological polar surface area (TPSA) is 82.0 Å². The second-order valence-electron chi connectivity index (χ2n) is 10.0. The second kappa shape index (κ2) is 9.31. The molecular weight excluding hydrogens is 436 g/mol. The van der Waals surface area contributed by atoms with Crippen molar-refractivity contribution < 1.29 is 9.53 Å². The molecule has 6 heteroatoms. The van der Waals surface area contributed by atoms with Crippen LogP contribution in [0.25, 0.3) is 11.4 Å². The number of nitriles is 1. The van der Waals surface area contributed by atoms with Crippen LogP contribution in [0.3, 0.4) is 0 Å². The Morgan fingerprint density at radius 1 is 1.06 bits per heavy atom. The number of benzene rings is 2. The summed E-state index contributed by atoms with van der Waals surface area (Å²) in [4.78, 5) is 23.9. The molecule has 1 aromatic heterocycles. The molecule has 1 saturated heterocycles. The van der Waals surface area contributed by atoms with Crippen molar-refractivity contribution in [1.82, 2.24) is 14.9 Å². The minimum atomic E-state index is 0.101. The van der Waals surface area contributed by atoms with Gasteiger partial charge in [-0.05, 0) is 72.9 Å². The molecule has 2 aliphatic heterocycles. The van der Waals surface area contributed by atoms with E-state index < -0.39 is 0 Å². The van der Waals surface area contributed by atoms with Crippen LogP contribution in [0.4, 0.5) is 0 Å². The summed E-state index contributed by atoms with van der Waals surface area (Å²) >= 11 is 0. The summed E-state index contributed by atoms with van der Waals surface area (Å²) < 4.78 is 5.60. The molecule has 6 rings (SSSR count). The Morgan fingerprint density at radius 3 is 2.54 bits per heavy atom. The Bertz CT molecular complexity index is 1250. The lowest BCUT2D eigenvalue weighted by Crippen LogP contribution is -2.38. The van der Waals surface area contributed by atoms with Gasteiger partial charge in [-0.2, -0.15) is 5.26 Å². The highest BCUT2D eigenvalue weighted by Gasteiger charge is 2.28. The monoisotopic (exact) mass is 466 g/mol. The Kier molecular flexibility index (Phi) is 5.87. The Balaban J connectivity index is 1.22. The zero-order valence-corrected chi connectivity index (χ0v) is 19.9. The predicted octanol–water partition coefficient (Wildman–Crippen LogP) is 5.31. The van der Waals surface area contributed by atoms with Crippen LogP contribution in [0.2, 0.25) is 0 Å². The van der Waals surface area contributed by atoms with E-state index in [-0.39, 0.29) is 5.91 Å². The van der Waals surface area contributed by atoms with Crippen LogP contribution >= 0.6 is 0 Å². The zero-order valence-electron chi connectivity index (χ0n) is 19.9. The van der Waals surface area contributed by atoms with Crippen molar-refractivity contribution in [2.24, 2.45) is 0 Å². The van der Waals surface area contributed by atoms with Crippen LogP contribution in [0.1, 0.15) is 82.4 Å². The van der Waals surface area contributed by atoms with Crippen molar-refractivity contribution in [3.8, 4) is 17.5 Å². The molecule has 1 N–H and O–H groups in total. The first kappa shape index (κ1) is 22.1. The Morgan fingerprint density at radius 2 is 1.86 bits per heavy atom. The first-order valence-electron chi connectivity index (χ1n) is 12.8. The number of imidazole rings is 1. The third kappa shape index (κ3) is 4.26. The normalized spacial score (nSPS) is 18.5. The number of ether oxygens (including phenoxy) is 1. The second-order valence-corrected chi connectivity index (χ2v) is 10.0. The van der Waals surface area contributed by atoms with Crippen molar-refractivity contribution >= 4 is 5.91 Å². The van der Waals surface area contributed by atoms with E-state index in [1.54, 1.807) is 0 Å². The quantitative estimate of drug-likeness (QED) is 0.565. The van der Waals surface area contributed by atoms with Gasteiger partial charge in [0.2, 0.25) is 0 Å². The summed E-state index contributed by atoms with van der Waals surface area (Å²) in [6.07, 6.45) is 6.38. The molecule has 3 aliphatic rings. The first-order valence-corrected chi connectivity index (χ1v) is 12.8. The number of nitrogens with one attached hydrogen (secondary N) is 1. The molecule has 1 aliphatic carbocycles. The van der Waals surface area contributed by atoms with E-state index in [0.717, 1.165) is 60.7 Å². The van der Waals surface area contributed by atoms with Gasteiger partial charge in [-0.3, -0.25) is 4.79 Å². The molecule has 0 unspecified atom stereocenters. The number of piperidine rings is 1. The zero-order chi connectivity index (χ0) is 23.8. The van der Waals surface area contributed by atoms with Gasteiger partial charge in [-0.1, -0.05) is 24.6 Å². The number of nitrogens with zero attached hydrogens (tertiary/aromatic N) is 3. The maximum absolute atomic E-state index is 13.5. The highest BCUT2D eigenvalue weighted by atomic mass is 16.5. The molecule has 3 heterocycles. The van der Waals surface area contributed by atoms with Gasteiger partial charge in [0.05, 0.1) is 36.2 Å². The molecule has 0 atom stereocenters. The predicted molar refractivity (Wildman–Crippen MR) is 133 cm³/mol. The van der Waals surface area contributed by atoms with E-state index in [0.29, 0.717) is 30.6 Å². The molecule has 0 bridgehead atoms. The number of aromatic amines is 1. The summed E-state index contributed by atoms with van der Waals surface area (Å²) in [5, 5.41) is 9.04. The highest BCUT2D eigenvalue weighted by Crippen LogP contribution is 2.41. The standard InChI is InChI=1S/C29H30N4O2/c30-17-19-4-6-20(7-5-19)21-10-13-33(14-11-21)29(34)23-8-9-24(22-2-1-3-22)25(16-23)28-31-26-12-15-35-18-27(26)32-28/h4-9,16,21-22H,1-3,10-15,18H2,(H,31,32). The SMILES string of the molecule is N#Cc1ccc(C2CCN(C(=O)c3ccc(C4CCC4)c(-c4nc5c([nH]4)COCC5)c3)CC2)cc1. The van der Waals surface area contributed by atoms with Crippen LogP contribution in [0.15, 0.2) is 42.5 Å². The van der Waals surface area contributed by atoms with Crippen molar-refractivity contribution in [2.75, 3.05) is 19.7 Å². The molecule has 1 saturated carbocycles. The van der Waals surface area contributed by atoms with Gasteiger partial charge in [0, 0.05) is 30.6 Å². The van der Waals surface area contributed by atoms with Crippen molar-refractivity contribution in [1.29, 1.82) is 5.26 Å². The number of aromatic nitrogens is 2. The van der Waals surface area contributed by atoms with Crippen molar-refractivity contribution in [2.45, 2.75) is 57.0 Å². The van der Waals surface area contributed by atoms with E-state index in [9.17, 15) is 4.79 Å². The number of rotatable bonds is 4. The van der Waals surface area contributed by atoms with Crippen molar-refractivity contribution in [3.05, 3.63) is 76.1 Å². The molecular formula is C29H30N4O2. The van der Waals surface area contributed by atoms with E-state index in [1.807, 2.05) is 23.1 Å². The summed E-state index contributed by atoms with van der Waals surface area (Å²) in [6.45, 7) is 2.78. The summed E-state index contributed by atoms with van der Waals surface area (Å²) in [5.74, 6) is 1.96. The number of likely N-dealkylation sites (tertiary alicyclic amines) is 1.